The summed E-state index contributed by atoms with van der Waals surface area (Å²) in [5, 5.41) is 8.91. The smallest absolute Gasteiger partial charge is 0.472 e. The third-order valence-electron chi connectivity index (χ3n) is 8.93. The SMILES string of the molecule is CC/C=C\C/C=C\C/C=C\C/C=C\C/C=C\C/C=C\CCCCCCCOCC(COP(=O)(O)OCC(N)C(=O)O)OC(=O)CCC/C=C\C/C=C\C/C=C\C/C=C\C/C=C\CC. The van der Waals surface area contributed by atoms with Crippen molar-refractivity contribution in [2.75, 3.05) is 26.4 Å². The van der Waals surface area contributed by atoms with Gasteiger partial charge in [0.2, 0.25) is 0 Å². The summed E-state index contributed by atoms with van der Waals surface area (Å²) in [5.41, 5.74) is 5.36. The van der Waals surface area contributed by atoms with E-state index in [2.05, 4.69) is 141 Å². The first-order valence-corrected chi connectivity index (χ1v) is 24.7. The zero-order valence-corrected chi connectivity index (χ0v) is 39.5. The number of ether oxygens (including phenoxy) is 2. The number of carboxylic acid groups (broad SMARTS) is 1. The van der Waals surface area contributed by atoms with E-state index in [-0.39, 0.29) is 13.0 Å². The van der Waals surface area contributed by atoms with Crippen molar-refractivity contribution in [2.45, 2.75) is 154 Å². The molecule has 0 amide bonds. The topological polar surface area (TPSA) is 155 Å². The maximum Gasteiger partial charge on any atom is 0.472 e. The molecule has 0 aromatic heterocycles. The van der Waals surface area contributed by atoms with Crippen molar-refractivity contribution < 1.29 is 42.7 Å². The van der Waals surface area contributed by atoms with Crippen LogP contribution in [0, 0.1) is 0 Å². The summed E-state index contributed by atoms with van der Waals surface area (Å²) in [6.07, 6.45) is 65.1. The van der Waals surface area contributed by atoms with Crippen LogP contribution in [0.2, 0.25) is 0 Å². The molecule has 0 saturated carbocycles. The monoisotopic (exact) mass is 896 g/mol. The number of esters is 1. The second-order valence-corrected chi connectivity index (χ2v) is 16.2. The van der Waals surface area contributed by atoms with Crippen LogP contribution in [0.15, 0.2) is 134 Å². The Hall–Kier alpha value is -3.89. The van der Waals surface area contributed by atoms with Gasteiger partial charge in [-0.1, -0.05) is 167 Å². The molecule has 0 rings (SSSR count). The van der Waals surface area contributed by atoms with Crippen molar-refractivity contribution in [1.82, 2.24) is 0 Å². The summed E-state index contributed by atoms with van der Waals surface area (Å²) >= 11 is 0. The molecule has 0 aromatic rings. The van der Waals surface area contributed by atoms with E-state index in [1.54, 1.807) is 0 Å². The van der Waals surface area contributed by atoms with Crippen LogP contribution < -0.4 is 5.73 Å². The Kier molecular flexibility index (Phi) is 43.3. The molecule has 0 radical (unpaired) electrons. The second-order valence-electron chi connectivity index (χ2n) is 14.8. The van der Waals surface area contributed by atoms with Gasteiger partial charge in [-0.25, -0.2) is 4.57 Å². The van der Waals surface area contributed by atoms with Gasteiger partial charge in [0.25, 0.3) is 0 Å². The average molecular weight is 896 g/mol. The molecule has 354 valence electrons. The van der Waals surface area contributed by atoms with Crippen LogP contribution in [0.5, 0.6) is 0 Å². The number of phosphoric ester groups is 1. The van der Waals surface area contributed by atoms with Crippen LogP contribution >= 0.6 is 7.82 Å². The maximum atomic E-state index is 12.6. The Labute approximate surface area is 381 Å². The molecule has 0 heterocycles. The molecular weight excluding hydrogens is 814 g/mol. The van der Waals surface area contributed by atoms with Gasteiger partial charge in [0.05, 0.1) is 19.8 Å². The number of rotatable bonds is 42. The fourth-order valence-corrected chi connectivity index (χ4v) is 6.18. The Bertz CT molecular complexity index is 1500. The lowest BCUT2D eigenvalue weighted by molar-refractivity contribution is -0.154. The minimum Gasteiger partial charge on any atom is -0.480 e. The average Bonchev–Trinajstić information content (AvgIpc) is 3.26. The summed E-state index contributed by atoms with van der Waals surface area (Å²) in [6.45, 7) is 3.50. The van der Waals surface area contributed by atoms with Gasteiger partial charge in [-0.3, -0.25) is 18.6 Å². The van der Waals surface area contributed by atoms with E-state index in [1.165, 1.54) is 0 Å². The molecule has 3 atom stereocenters. The van der Waals surface area contributed by atoms with Gasteiger partial charge in [-0.2, -0.15) is 0 Å². The number of allylic oxidation sites excluding steroid dienone is 22. The van der Waals surface area contributed by atoms with Crippen molar-refractivity contribution in [2.24, 2.45) is 5.73 Å². The third-order valence-corrected chi connectivity index (χ3v) is 9.88. The maximum absolute atomic E-state index is 12.6. The lowest BCUT2D eigenvalue weighted by atomic mass is 10.1. The third kappa shape index (κ3) is 45.9. The molecule has 63 heavy (non-hydrogen) atoms. The van der Waals surface area contributed by atoms with Crippen molar-refractivity contribution >= 4 is 19.8 Å². The van der Waals surface area contributed by atoms with Crippen LogP contribution in [0.3, 0.4) is 0 Å². The molecule has 3 unspecified atom stereocenters. The highest BCUT2D eigenvalue weighted by Gasteiger charge is 2.27. The van der Waals surface area contributed by atoms with Gasteiger partial charge < -0.3 is 25.2 Å². The fourth-order valence-electron chi connectivity index (χ4n) is 5.41. The van der Waals surface area contributed by atoms with Crippen molar-refractivity contribution in [3.05, 3.63) is 134 Å². The summed E-state index contributed by atoms with van der Waals surface area (Å²) in [6, 6.07) is -1.49. The number of carbonyl (C=O) groups excluding carboxylic acids is 1. The van der Waals surface area contributed by atoms with Gasteiger partial charge in [0, 0.05) is 13.0 Å². The summed E-state index contributed by atoms with van der Waals surface area (Å²) in [4.78, 5) is 33.6. The number of carboxylic acids is 1. The molecule has 10 nitrogen and oxygen atoms in total. The minimum absolute atomic E-state index is 0.0299. The Morgan fingerprint density at radius 1 is 0.508 bits per heavy atom. The van der Waals surface area contributed by atoms with E-state index >= 15 is 0 Å². The lowest BCUT2D eigenvalue weighted by Gasteiger charge is -2.20. The number of nitrogens with two attached hydrogens (primary N) is 1. The lowest BCUT2D eigenvalue weighted by Crippen LogP contribution is -2.34. The standard InChI is InChI=1S/C52H82NO9P/c1-3-5-7-9-11-13-15-17-19-21-22-23-24-25-26-27-29-31-33-35-37-39-41-43-45-59-46-49(47-60-63(57,58)61-48-50(53)52(55)56)62-51(54)44-42-40-38-36-34-32-30-28-20-18-16-14-12-10-8-6-4-2/h5-8,11-14,17-20,22-23,25-26,29-32,36,38,49-50H,3-4,9-10,15-16,21,24,27-28,33-35,37,39-48,53H2,1-2H3,(H,55,56)(H,57,58)/b7-5-,8-6-,13-11-,14-12-,19-17-,20-18-,23-22-,26-25-,31-29-,32-30-,38-36-. The van der Waals surface area contributed by atoms with E-state index in [4.69, 9.17) is 29.4 Å². The predicted molar refractivity (Wildman–Crippen MR) is 262 cm³/mol. The van der Waals surface area contributed by atoms with Gasteiger partial charge >= 0.3 is 19.8 Å². The molecule has 0 aliphatic heterocycles. The normalized spacial score (nSPS) is 15.0. The molecule has 0 spiro atoms. The van der Waals surface area contributed by atoms with Crippen molar-refractivity contribution in [1.29, 1.82) is 0 Å². The van der Waals surface area contributed by atoms with Gasteiger partial charge in [0.1, 0.15) is 12.1 Å². The van der Waals surface area contributed by atoms with Gasteiger partial charge in [-0.05, 0) is 103 Å². The largest absolute Gasteiger partial charge is 0.480 e. The van der Waals surface area contributed by atoms with E-state index in [0.29, 0.717) is 19.4 Å². The van der Waals surface area contributed by atoms with Crippen molar-refractivity contribution in [3.63, 3.8) is 0 Å². The summed E-state index contributed by atoms with van der Waals surface area (Å²) < 4.78 is 33.3. The zero-order chi connectivity index (χ0) is 46.2. The predicted octanol–water partition coefficient (Wildman–Crippen LogP) is 13.4. The van der Waals surface area contributed by atoms with E-state index < -0.39 is 45.1 Å². The molecule has 0 aromatic carbocycles. The highest BCUT2D eigenvalue weighted by Crippen LogP contribution is 2.43. The summed E-state index contributed by atoms with van der Waals surface area (Å²) in [5.74, 6) is -1.86. The van der Waals surface area contributed by atoms with Crippen LogP contribution in [-0.4, -0.2) is 60.5 Å². The Balaban J connectivity index is 4.36. The number of hydrogen-bond acceptors (Lipinski definition) is 8. The first kappa shape index (κ1) is 59.1. The zero-order valence-electron chi connectivity index (χ0n) is 38.6. The first-order valence-electron chi connectivity index (χ1n) is 23.2. The van der Waals surface area contributed by atoms with Crippen LogP contribution in [0.1, 0.15) is 142 Å². The molecule has 0 saturated heterocycles. The number of hydrogen-bond donors (Lipinski definition) is 3. The van der Waals surface area contributed by atoms with E-state index in [9.17, 15) is 19.0 Å². The van der Waals surface area contributed by atoms with Crippen LogP contribution in [0.4, 0.5) is 0 Å². The number of phosphoric acid groups is 1. The van der Waals surface area contributed by atoms with E-state index in [1.807, 2.05) is 6.08 Å². The molecule has 11 heteroatoms. The summed E-state index contributed by atoms with van der Waals surface area (Å²) in [7, 11) is -4.65. The molecule has 0 aliphatic carbocycles. The van der Waals surface area contributed by atoms with Crippen molar-refractivity contribution in [3.8, 4) is 0 Å². The molecule has 0 aliphatic rings. The molecule has 0 fully saturated rings. The number of carbonyl (C=O) groups is 2. The number of aliphatic carboxylic acids is 1. The Morgan fingerprint density at radius 3 is 1.30 bits per heavy atom. The van der Waals surface area contributed by atoms with Crippen LogP contribution in [-0.2, 0) is 32.7 Å². The molecule has 0 bridgehead atoms. The van der Waals surface area contributed by atoms with Gasteiger partial charge in [-0.15, -0.1) is 0 Å². The van der Waals surface area contributed by atoms with Gasteiger partial charge in [0.15, 0.2) is 0 Å². The fraction of sp³-hybridized carbons (Fsp3) is 0.538. The Morgan fingerprint density at radius 2 is 0.873 bits per heavy atom. The highest BCUT2D eigenvalue weighted by molar-refractivity contribution is 7.47. The molecular formula is C52H82NO9P. The minimum atomic E-state index is -4.65. The highest BCUT2D eigenvalue weighted by atomic mass is 31.2. The van der Waals surface area contributed by atoms with E-state index in [0.717, 1.165) is 109 Å². The number of unbranched alkanes of at least 4 members (excludes halogenated alkanes) is 6. The quantitative estimate of drug-likeness (QED) is 0.0233. The first-order chi connectivity index (χ1) is 30.7. The molecule has 4 N–H and O–H groups in total. The van der Waals surface area contributed by atoms with Crippen LogP contribution in [0.25, 0.3) is 0 Å². The second kappa shape index (κ2) is 46.1.